The molecule has 0 unspecified atom stereocenters. The van der Waals surface area contributed by atoms with E-state index in [1.807, 2.05) is 13.0 Å². The number of hydrogen-bond donors (Lipinski definition) is 0. The molecule has 0 aliphatic carbocycles. The Labute approximate surface area is 143 Å². The van der Waals surface area contributed by atoms with Gasteiger partial charge in [-0.2, -0.15) is 0 Å². The van der Waals surface area contributed by atoms with E-state index in [9.17, 15) is 0 Å². The molecule has 0 saturated carbocycles. The first kappa shape index (κ1) is 15.0. The second-order valence-electron chi connectivity index (χ2n) is 6.65. The van der Waals surface area contributed by atoms with E-state index in [0.29, 0.717) is 0 Å². The van der Waals surface area contributed by atoms with Crippen molar-refractivity contribution in [3.8, 4) is 11.5 Å². The van der Waals surface area contributed by atoms with Gasteiger partial charge in [0.2, 0.25) is 0 Å². The number of para-hydroxylation sites is 1. The van der Waals surface area contributed by atoms with Gasteiger partial charge in [-0.25, -0.2) is 0 Å². The van der Waals surface area contributed by atoms with Crippen molar-refractivity contribution in [2.75, 3.05) is 0 Å². The highest BCUT2D eigenvalue weighted by molar-refractivity contribution is 6.97. The fourth-order valence-electron chi connectivity index (χ4n) is 3.88. The zero-order valence-electron chi connectivity index (χ0n) is 14.6. The molecule has 0 spiro atoms. The Morgan fingerprint density at radius 3 is 2.29 bits per heavy atom. The lowest BCUT2D eigenvalue weighted by atomic mass is 9.34. The van der Waals surface area contributed by atoms with Crippen molar-refractivity contribution in [3.63, 3.8) is 0 Å². The van der Waals surface area contributed by atoms with Gasteiger partial charge in [-0.05, 0) is 50.8 Å². The lowest BCUT2D eigenvalue weighted by Crippen LogP contribution is -2.56. The first-order chi connectivity index (χ1) is 11.6. The normalized spacial score (nSPS) is 12.4. The van der Waals surface area contributed by atoms with Gasteiger partial charge in [0.25, 0.3) is 6.71 Å². The number of pyridine rings is 1. The molecule has 3 aromatic rings. The summed E-state index contributed by atoms with van der Waals surface area (Å²) in [5.41, 5.74) is 8.44. The molecular formula is C21H20BNO. The first-order valence-corrected chi connectivity index (χ1v) is 8.37. The molecule has 0 amide bonds. The van der Waals surface area contributed by atoms with E-state index in [-0.39, 0.29) is 6.71 Å². The number of rotatable bonds is 1. The van der Waals surface area contributed by atoms with Gasteiger partial charge in [0, 0.05) is 5.69 Å². The molecule has 0 bridgehead atoms. The number of fused-ring (bicyclic) bond motifs is 2. The minimum Gasteiger partial charge on any atom is -0.457 e. The predicted octanol–water partition coefficient (Wildman–Crippen LogP) is 2.94. The molecule has 1 aliphatic heterocycles. The number of aromatic nitrogens is 1. The summed E-state index contributed by atoms with van der Waals surface area (Å²) >= 11 is 0. The molecule has 0 fully saturated rings. The van der Waals surface area contributed by atoms with Crippen molar-refractivity contribution in [2.24, 2.45) is 0 Å². The predicted molar refractivity (Wildman–Crippen MR) is 101 cm³/mol. The van der Waals surface area contributed by atoms with Crippen LogP contribution in [0.15, 0.2) is 48.5 Å². The molecule has 0 atom stereocenters. The fraction of sp³-hybridized carbons (Fsp3) is 0.190. The smallest absolute Gasteiger partial charge is 0.251 e. The molecule has 1 aromatic heterocycles. The van der Waals surface area contributed by atoms with Gasteiger partial charge in [0.05, 0.1) is 5.69 Å². The van der Waals surface area contributed by atoms with Crippen LogP contribution in [0.4, 0.5) is 0 Å². The van der Waals surface area contributed by atoms with E-state index in [4.69, 9.17) is 4.74 Å². The van der Waals surface area contributed by atoms with Crippen LogP contribution in [-0.2, 0) is 0 Å². The Hall–Kier alpha value is -2.55. The average molecular weight is 313 g/mol. The molecule has 1 aliphatic rings. The number of ether oxygens (including phenoxy) is 1. The standard InChI is InChI=1S/C21H20BNO/c1-13-8-7-9-14(2)20(13)22-17-10-5-6-11-19(17)24-21-16(4)23-15(3)12-18(21)22/h5-12H,1-4H3. The SMILES string of the molecule is Cc1cc2c(c(C)n1)Oc1ccccc1B2c1c(C)cccc1C. The summed E-state index contributed by atoms with van der Waals surface area (Å²) in [6, 6.07) is 17.1. The molecular weight excluding hydrogens is 293 g/mol. The fourth-order valence-corrected chi connectivity index (χ4v) is 3.88. The molecule has 3 heteroatoms. The number of hydrogen-bond acceptors (Lipinski definition) is 2. The highest BCUT2D eigenvalue weighted by atomic mass is 16.5. The van der Waals surface area contributed by atoms with Gasteiger partial charge in [0.15, 0.2) is 0 Å². The van der Waals surface area contributed by atoms with Crippen LogP contribution in [-0.4, -0.2) is 11.7 Å². The minimum atomic E-state index is 0.187. The van der Waals surface area contributed by atoms with E-state index in [2.05, 4.69) is 68.2 Å². The van der Waals surface area contributed by atoms with Crippen LogP contribution in [0.2, 0.25) is 0 Å². The van der Waals surface area contributed by atoms with E-state index in [1.54, 1.807) is 0 Å². The summed E-state index contributed by atoms with van der Waals surface area (Å²) in [5.74, 6) is 1.85. The van der Waals surface area contributed by atoms with Gasteiger partial charge in [-0.15, -0.1) is 0 Å². The molecule has 2 nitrogen and oxygen atoms in total. The van der Waals surface area contributed by atoms with Crippen molar-refractivity contribution < 1.29 is 4.74 Å². The molecule has 4 rings (SSSR count). The summed E-state index contributed by atoms with van der Waals surface area (Å²) in [6.07, 6.45) is 0. The summed E-state index contributed by atoms with van der Waals surface area (Å²) in [6.45, 7) is 8.66. The third-order valence-electron chi connectivity index (χ3n) is 4.88. The maximum absolute atomic E-state index is 6.23. The average Bonchev–Trinajstić information content (AvgIpc) is 2.54. The first-order valence-electron chi connectivity index (χ1n) is 8.37. The van der Waals surface area contributed by atoms with E-state index in [0.717, 1.165) is 22.9 Å². The van der Waals surface area contributed by atoms with Crippen molar-refractivity contribution in [2.45, 2.75) is 27.7 Å². The molecule has 118 valence electrons. The zero-order chi connectivity index (χ0) is 16.8. The Morgan fingerprint density at radius 1 is 0.833 bits per heavy atom. The lowest BCUT2D eigenvalue weighted by molar-refractivity contribution is 0.480. The summed E-state index contributed by atoms with van der Waals surface area (Å²) in [7, 11) is 0. The number of aryl methyl sites for hydroxylation is 4. The molecule has 2 aromatic carbocycles. The van der Waals surface area contributed by atoms with Crippen LogP contribution in [0.25, 0.3) is 0 Å². The monoisotopic (exact) mass is 313 g/mol. The zero-order valence-corrected chi connectivity index (χ0v) is 14.6. The second kappa shape index (κ2) is 5.52. The summed E-state index contributed by atoms with van der Waals surface area (Å²) in [4.78, 5) is 4.61. The minimum absolute atomic E-state index is 0.187. The number of nitrogens with zero attached hydrogens (tertiary/aromatic N) is 1. The van der Waals surface area contributed by atoms with Gasteiger partial charge >= 0.3 is 0 Å². The van der Waals surface area contributed by atoms with Gasteiger partial charge < -0.3 is 4.74 Å². The second-order valence-corrected chi connectivity index (χ2v) is 6.65. The third kappa shape index (κ3) is 2.23. The topological polar surface area (TPSA) is 22.1 Å². The van der Waals surface area contributed by atoms with Crippen LogP contribution in [0.5, 0.6) is 11.5 Å². The van der Waals surface area contributed by atoms with Crippen LogP contribution < -0.4 is 21.1 Å². The quantitative estimate of drug-likeness (QED) is 0.504. The number of benzene rings is 2. The van der Waals surface area contributed by atoms with E-state index >= 15 is 0 Å². The van der Waals surface area contributed by atoms with Crippen molar-refractivity contribution in [1.82, 2.24) is 4.98 Å². The summed E-state index contributed by atoms with van der Waals surface area (Å²) < 4.78 is 6.23. The van der Waals surface area contributed by atoms with Crippen molar-refractivity contribution in [3.05, 3.63) is 71.0 Å². The Bertz CT molecular complexity index is 928. The largest absolute Gasteiger partial charge is 0.457 e. The van der Waals surface area contributed by atoms with Crippen LogP contribution in [0.3, 0.4) is 0 Å². The van der Waals surface area contributed by atoms with Crippen LogP contribution >= 0.6 is 0 Å². The highest BCUT2D eigenvalue weighted by Crippen LogP contribution is 2.27. The summed E-state index contributed by atoms with van der Waals surface area (Å²) in [5, 5.41) is 0. The maximum atomic E-state index is 6.23. The maximum Gasteiger partial charge on any atom is 0.251 e. The lowest BCUT2D eigenvalue weighted by Gasteiger charge is -2.29. The van der Waals surface area contributed by atoms with Crippen LogP contribution in [0, 0.1) is 27.7 Å². The Balaban J connectivity index is 2.07. The molecule has 0 N–H and O–H groups in total. The van der Waals surface area contributed by atoms with Gasteiger partial charge in [-0.1, -0.05) is 53.0 Å². The Morgan fingerprint density at radius 2 is 1.54 bits per heavy atom. The molecule has 2 heterocycles. The van der Waals surface area contributed by atoms with Crippen molar-refractivity contribution >= 4 is 23.1 Å². The van der Waals surface area contributed by atoms with Crippen LogP contribution in [0.1, 0.15) is 22.5 Å². The highest BCUT2D eigenvalue weighted by Gasteiger charge is 2.35. The van der Waals surface area contributed by atoms with Crippen molar-refractivity contribution in [1.29, 1.82) is 0 Å². The van der Waals surface area contributed by atoms with E-state index < -0.39 is 0 Å². The third-order valence-corrected chi connectivity index (χ3v) is 4.88. The van der Waals surface area contributed by atoms with E-state index in [1.165, 1.54) is 27.5 Å². The molecule has 24 heavy (non-hydrogen) atoms. The molecule has 0 radical (unpaired) electrons. The van der Waals surface area contributed by atoms with Gasteiger partial charge in [-0.3, -0.25) is 4.98 Å². The molecule has 0 saturated heterocycles. The Kier molecular flexibility index (Phi) is 3.45. The van der Waals surface area contributed by atoms with Gasteiger partial charge in [0.1, 0.15) is 11.5 Å².